The summed E-state index contributed by atoms with van der Waals surface area (Å²) in [7, 11) is 0. The first-order valence-electron chi connectivity index (χ1n) is 8.78. The predicted molar refractivity (Wildman–Crippen MR) is 120 cm³/mol. The Bertz CT molecular complexity index is 1130. The number of rotatable bonds is 4. The van der Waals surface area contributed by atoms with Gasteiger partial charge in [0.2, 0.25) is 0 Å². The molecule has 1 aromatic heterocycles. The first-order valence-corrected chi connectivity index (χ1v) is 11.2. The second-order valence-electron chi connectivity index (χ2n) is 6.23. The minimum absolute atomic E-state index is 1.30. The molecular weight excluding hydrogens is 384 g/mol. The molecule has 0 atom stereocenters. The van der Waals surface area contributed by atoms with Crippen molar-refractivity contribution in [3.8, 4) is 0 Å². The van der Waals surface area contributed by atoms with Gasteiger partial charge < -0.3 is 0 Å². The third-order valence-electron chi connectivity index (χ3n) is 4.48. The molecule has 0 radical (unpaired) electrons. The molecule has 0 bridgehead atoms. The van der Waals surface area contributed by atoms with Crippen molar-refractivity contribution in [3.63, 3.8) is 0 Å². The summed E-state index contributed by atoms with van der Waals surface area (Å²) in [4.78, 5) is 2.63. The van der Waals surface area contributed by atoms with Crippen molar-refractivity contribution in [3.05, 3.63) is 97.1 Å². The van der Waals surface area contributed by atoms with Crippen molar-refractivity contribution in [2.75, 3.05) is 0 Å². The quantitative estimate of drug-likeness (QED) is 0.297. The molecule has 5 aromatic rings. The van der Waals surface area contributed by atoms with E-state index >= 15 is 0 Å². The van der Waals surface area contributed by atoms with Crippen LogP contribution in [0, 0.1) is 0 Å². The summed E-state index contributed by atoms with van der Waals surface area (Å²) in [6.45, 7) is 0. The maximum Gasteiger partial charge on any atom is 0.0658 e. The molecule has 4 aromatic carbocycles. The lowest BCUT2D eigenvalue weighted by Gasteiger charge is -2.05. The Morgan fingerprint density at radius 3 is 1.41 bits per heavy atom. The summed E-state index contributed by atoms with van der Waals surface area (Å²) in [5.41, 5.74) is 0. The highest BCUT2D eigenvalue weighted by molar-refractivity contribution is 8.03. The van der Waals surface area contributed by atoms with Crippen LogP contribution in [0.25, 0.3) is 21.5 Å². The molecule has 130 valence electrons. The zero-order valence-electron chi connectivity index (χ0n) is 14.5. The van der Waals surface area contributed by atoms with E-state index in [0.717, 1.165) is 0 Å². The molecule has 0 aliphatic heterocycles. The molecule has 0 unspecified atom stereocenters. The van der Waals surface area contributed by atoms with E-state index in [0.29, 0.717) is 0 Å². The topological polar surface area (TPSA) is 0 Å². The fraction of sp³-hybridized carbons (Fsp3) is 0. The van der Waals surface area contributed by atoms with Crippen LogP contribution in [-0.4, -0.2) is 0 Å². The SMILES string of the molecule is c1ccc2c(Sc3ccc(Sc4cccc5ccccc45)s3)cccc2c1. The summed E-state index contributed by atoms with van der Waals surface area (Å²) in [5, 5.41) is 5.23. The molecule has 0 N–H and O–H groups in total. The molecule has 0 saturated heterocycles. The summed E-state index contributed by atoms with van der Waals surface area (Å²) < 4.78 is 2.66. The normalized spacial score (nSPS) is 11.3. The third-order valence-corrected chi connectivity index (χ3v) is 7.98. The Hall–Kier alpha value is -2.20. The van der Waals surface area contributed by atoms with Gasteiger partial charge >= 0.3 is 0 Å². The zero-order chi connectivity index (χ0) is 18.1. The van der Waals surface area contributed by atoms with E-state index in [1.165, 1.54) is 39.8 Å². The molecule has 27 heavy (non-hydrogen) atoms. The van der Waals surface area contributed by atoms with Gasteiger partial charge in [-0.1, -0.05) is 96.3 Å². The maximum atomic E-state index is 2.24. The van der Waals surface area contributed by atoms with E-state index in [4.69, 9.17) is 0 Å². The Labute approximate surface area is 171 Å². The minimum atomic E-state index is 1.30. The van der Waals surface area contributed by atoms with Crippen LogP contribution in [0.1, 0.15) is 0 Å². The second kappa shape index (κ2) is 7.43. The van der Waals surface area contributed by atoms with Crippen LogP contribution in [-0.2, 0) is 0 Å². The van der Waals surface area contributed by atoms with E-state index in [1.807, 2.05) is 34.9 Å². The van der Waals surface area contributed by atoms with Gasteiger partial charge in [-0.2, -0.15) is 0 Å². The lowest BCUT2D eigenvalue weighted by atomic mass is 10.1. The number of thiophene rings is 1. The van der Waals surface area contributed by atoms with Gasteiger partial charge in [0.05, 0.1) is 8.42 Å². The molecule has 0 aliphatic carbocycles. The second-order valence-corrected chi connectivity index (χ2v) is 10.0. The van der Waals surface area contributed by atoms with E-state index in [2.05, 4.69) is 97.1 Å². The Kier molecular flexibility index (Phi) is 4.66. The summed E-state index contributed by atoms with van der Waals surface area (Å²) in [6.07, 6.45) is 0. The van der Waals surface area contributed by atoms with E-state index in [1.54, 1.807) is 0 Å². The van der Waals surface area contributed by atoms with Crippen LogP contribution < -0.4 is 0 Å². The monoisotopic (exact) mass is 400 g/mol. The summed E-state index contributed by atoms with van der Waals surface area (Å²) in [5.74, 6) is 0. The zero-order valence-corrected chi connectivity index (χ0v) is 16.9. The number of hydrogen-bond donors (Lipinski definition) is 0. The molecule has 5 rings (SSSR count). The van der Waals surface area contributed by atoms with Crippen molar-refractivity contribution in [1.29, 1.82) is 0 Å². The van der Waals surface area contributed by atoms with Gasteiger partial charge in [0, 0.05) is 9.79 Å². The average molecular weight is 401 g/mol. The molecule has 0 spiro atoms. The highest BCUT2D eigenvalue weighted by atomic mass is 32.2. The van der Waals surface area contributed by atoms with Gasteiger partial charge in [-0.15, -0.1) is 11.3 Å². The van der Waals surface area contributed by atoms with Crippen molar-refractivity contribution in [1.82, 2.24) is 0 Å². The van der Waals surface area contributed by atoms with E-state index < -0.39 is 0 Å². The van der Waals surface area contributed by atoms with E-state index in [9.17, 15) is 0 Å². The van der Waals surface area contributed by atoms with Crippen molar-refractivity contribution in [2.24, 2.45) is 0 Å². The molecule has 0 fully saturated rings. The molecular formula is C24H16S3. The Balaban J connectivity index is 1.43. The number of benzene rings is 4. The smallest absolute Gasteiger partial charge is 0.0658 e. The average Bonchev–Trinajstić information content (AvgIpc) is 3.15. The standard InChI is InChI=1S/C24H16S3/c1-3-11-19-17(7-1)9-5-13-21(19)25-23-15-16-24(27-23)26-22-14-6-10-18-8-2-4-12-20(18)22/h1-16H. The van der Waals surface area contributed by atoms with Crippen LogP contribution in [0.3, 0.4) is 0 Å². The first-order chi connectivity index (χ1) is 13.4. The Morgan fingerprint density at radius 2 is 0.889 bits per heavy atom. The maximum absolute atomic E-state index is 2.24. The van der Waals surface area contributed by atoms with Crippen LogP contribution in [0.4, 0.5) is 0 Å². The van der Waals surface area contributed by atoms with Crippen molar-refractivity contribution >= 4 is 56.4 Å². The lowest BCUT2D eigenvalue weighted by Crippen LogP contribution is -1.76. The largest absolute Gasteiger partial charge is 0.122 e. The fourth-order valence-corrected chi connectivity index (χ4v) is 6.83. The van der Waals surface area contributed by atoms with Gasteiger partial charge in [-0.05, 0) is 45.8 Å². The van der Waals surface area contributed by atoms with Gasteiger partial charge in [0.15, 0.2) is 0 Å². The molecule has 0 aliphatic rings. The molecule has 0 nitrogen and oxygen atoms in total. The van der Waals surface area contributed by atoms with Gasteiger partial charge in [0.1, 0.15) is 0 Å². The minimum Gasteiger partial charge on any atom is -0.122 e. The Morgan fingerprint density at radius 1 is 0.444 bits per heavy atom. The van der Waals surface area contributed by atoms with Crippen LogP contribution in [0.2, 0.25) is 0 Å². The van der Waals surface area contributed by atoms with Gasteiger partial charge in [0.25, 0.3) is 0 Å². The fourth-order valence-electron chi connectivity index (χ4n) is 3.20. The highest BCUT2D eigenvalue weighted by Gasteiger charge is 2.08. The van der Waals surface area contributed by atoms with Crippen molar-refractivity contribution in [2.45, 2.75) is 18.2 Å². The highest BCUT2D eigenvalue weighted by Crippen LogP contribution is 2.42. The molecule has 0 amide bonds. The number of fused-ring (bicyclic) bond motifs is 2. The third kappa shape index (κ3) is 3.51. The van der Waals surface area contributed by atoms with Crippen LogP contribution in [0.5, 0.6) is 0 Å². The number of hydrogen-bond acceptors (Lipinski definition) is 3. The summed E-state index contributed by atoms with van der Waals surface area (Å²) >= 11 is 5.58. The molecule has 0 saturated carbocycles. The van der Waals surface area contributed by atoms with Gasteiger partial charge in [-0.3, -0.25) is 0 Å². The molecule has 3 heteroatoms. The van der Waals surface area contributed by atoms with Crippen molar-refractivity contribution < 1.29 is 0 Å². The van der Waals surface area contributed by atoms with Gasteiger partial charge in [-0.25, -0.2) is 0 Å². The van der Waals surface area contributed by atoms with E-state index in [-0.39, 0.29) is 0 Å². The lowest BCUT2D eigenvalue weighted by molar-refractivity contribution is 1.53. The molecule has 1 heterocycles. The van der Waals surface area contributed by atoms with Crippen LogP contribution in [0.15, 0.2) is 115 Å². The van der Waals surface area contributed by atoms with Crippen LogP contribution >= 0.6 is 34.9 Å². The first kappa shape index (κ1) is 16.9. The summed E-state index contributed by atoms with van der Waals surface area (Å²) in [6, 6.07) is 34.7. The predicted octanol–water partition coefficient (Wildman–Crippen LogP) is 8.36.